The quantitative estimate of drug-likeness (QED) is 0.531. The first-order chi connectivity index (χ1) is 12.8. The molecule has 2 N–H and O–H groups in total. The van der Waals surface area contributed by atoms with Crippen LogP contribution in [-0.4, -0.2) is 40.9 Å². The highest BCUT2D eigenvalue weighted by Crippen LogP contribution is 2.22. The number of benzene rings is 1. The number of fused-ring (bicyclic) bond motifs is 1. The van der Waals surface area contributed by atoms with Crippen molar-refractivity contribution in [3.8, 4) is 0 Å². The zero-order valence-corrected chi connectivity index (χ0v) is 15.5. The number of methoxy groups -OCH3 is 1. The summed E-state index contributed by atoms with van der Waals surface area (Å²) in [6.45, 7) is 4.83. The van der Waals surface area contributed by atoms with Gasteiger partial charge < -0.3 is 19.4 Å². The van der Waals surface area contributed by atoms with Crippen molar-refractivity contribution < 1.29 is 23.9 Å². The number of aryl methyl sites for hydroxylation is 1. The molecule has 0 radical (unpaired) electrons. The van der Waals surface area contributed by atoms with Crippen LogP contribution in [0.5, 0.6) is 0 Å². The van der Waals surface area contributed by atoms with Gasteiger partial charge in [0.1, 0.15) is 0 Å². The third kappa shape index (κ3) is 3.23. The Balaban J connectivity index is 1.82. The number of aromatic amines is 2. The molecule has 0 aliphatic heterocycles. The first kappa shape index (κ1) is 18.4. The zero-order chi connectivity index (χ0) is 19.7. The number of aromatic nitrogens is 2. The lowest BCUT2D eigenvalue weighted by atomic mass is 10.1. The van der Waals surface area contributed by atoms with E-state index in [0.717, 1.165) is 10.9 Å². The lowest BCUT2D eigenvalue weighted by molar-refractivity contribution is 0.0318. The molecule has 2 heterocycles. The second-order valence-electron chi connectivity index (χ2n) is 6.28. The van der Waals surface area contributed by atoms with Gasteiger partial charge in [-0.1, -0.05) is 18.2 Å². The summed E-state index contributed by atoms with van der Waals surface area (Å²) in [6.07, 6.45) is 0.539. The molecule has 7 nitrogen and oxygen atoms in total. The molecule has 27 heavy (non-hydrogen) atoms. The number of nitrogens with one attached hydrogen (secondary N) is 2. The van der Waals surface area contributed by atoms with Gasteiger partial charge in [0.25, 0.3) is 0 Å². The summed E-state index contributed by atoms with van der Waals surface area (Å²) in [5.41, 5.74) is 2.71. The van der Waals surface area contributed by atoms with Crippen molar-refractivity contribution in [2.24, 2.45) is 0 Å². The number of carbonyl (C=O) groups excluding carboxylic acids is 3. The number of rotatable bonds is 5. The fourth-order valence-electron chi connectivity index (χ4n) is 3.13. The van der Waals surface area contributed by atoms with Crippen molar-refractivity contribution in [1.29, 1.82) is 0 Å². The van der Waals surface area contributed by atoms with Gasteiger partial charge in [0.2, 0.25) is 5.78 Å². The Morgan fingerprint density at radius 3 is 2.48 bits per heavy atom. The molecule has 0 unspecified atom stereocenters. The number of esters is 2. The Hall–Kier alpha value is -3.35. The van der Waals surface area contributed by atoms with Gasteiger partial charge in [0.05, 0.1) is 23.9 Å². The number of hydrogen-bond donors (Lipinski definition) is 2. The molecule has 140 valence electrons. The average molecular weight is 368 g/mol. The average Bonchev–Trinajstić information content (AvgIpc) is 3.21. The molecule has 1 aromatic carbocycles. The van der Waals surface area contributed by atoms with Crippen molar-refractivity contribution in [2.45, 2.75) is 26.9 Å². The van der Waals surface area contributed by atoms with Crippen LogP contribution < -0.4 is 0 Å². The van der Waals surface area contributed by atoms with E-state index < -0.39 is 23.8 Å². The molecule has 0 aliphatic carbocycles. The summed E-state index contributed by atoms with van der Waals surface area (Å²) in [4.78, 5) is 43.0. The van der Waals surface area contributed by atoms with Crippen molar-refractivity contribution in [2.75, 3.05) is 7.11 Å². The SMILES string of the molecule is COC(=O)c1c(C)[nH]c(C(=O)[C@H](C)OC(=O)c2c[nH]c3ccccc23)c1C. The Bertz CT molecular complexity index is 1040. The molecule has 3 rings (SSSR count). The van der Waals surface area contributed by atoms with Crippen molar-refractivity contribution in [3.63, 3.8) is 0 Å². The molecular formula is C20H20N2O5. The highest BCUT2D eigenvalue weighted by Gasteiger charge is 2.28. The van der Waals surface area contributed by atoms with Crippen LogP contribution in [0.25, 0.3) is 10.9 Å². The first-order valence-electron chi connectivity index (χ1n) is 8.44. The van der Waals surface area contributed by atoms with E-state index in [1.165, 1.54) is 14.0 Å². The summed E-state index contributed by atoms with van der Waals surface area (Å²) < 4.78 is 10.1. The lowest BCUT2D eigenvalue weighted by Gasteiger charge is -2.12. The van der Waals surface area contributed by atoms with Crippen LogP contribution in [0.1, 0.15) is 49.4 Å². The second-order valence-corrected chi connectivity index (χ2v) is 6.28. The second kappa shape index (κ2) is 7.11. The summed E-state index contributed by atoms with van der Waals surface area (Å²) in [6, 6.07) is 7.33. The summed E-state index contributed by atoms with van der Waals surface area (Å²) >= 11 is 0. The van der Waals surface area contributed by atoms with E-state index in [2.05, 4.69) is 9.97 Å². The van der Waals surface area contributed by atoms with Crippen LogP contribution >= 0.6 is 0 Å². The first-order valence-corrected chi connectivity index (χ1v) is 8.44. The molecule has 3 aromatic rings. The van der Waals surface area contributed by atoms with Gasteiger partial charge in [-0.25, -0.2) is 9.59 Å². The minimum Gasteiger partial charge on any atom is -0.465 e. The third-order valence-corrected chi connectivity index (χ3v) is 4.54. The van der Waals surface area contributed by atoms with E-state index in [4.69, 9.17) is 9.47 Å². The van der Waals surface area contributed by atoms with Crippen LogP contribution in [0.2, 0.25) is 0 Å². The highest BCUT2D eigenvalue weighted by molar-refractivity contribution is 6.07. The molecule has 0 bridgehead atoms. The van der Waals surface area contributed by atoms with Crippen molar-refractivity contribution in [1.82, 2.24) is 9.97 Å². The molecule has 0 spiro atoms. The normalized spacial score (nSPS) is 12.0. The van der Waals surface area contributed by atoms with Crippen LogP contribution in [-0.2, 0) is 9.47 Å². The minimum absolute atomic E-state index is 0.229. The predicted octanol–water partition coefficient (Wildman–Crippen LogP) is 3.33. The Labute approximate surface area is 155 Å². The van der Waals surface area contributed by atoms with Gasteiger partial charge in [-0.2, -0.15) is 0 Å². The van der Waals surface area contributed by atoms with Crippen LogP contribution in [0.4, 0.5) is 0 Å². The third-order valence-electron chi connectivity index (χ3n) is 4.54. The van der Waals surface area contributed by atoms with Gasteiger partial charge in [-0.15, -0.1) is 0 Å². The molecule has 2 aromatic heterocycles. The molecular weight excluding hydrogens is 348 g/mol. The van der Waals surface area contributed by atoms with Crippen LogP contribution in [0.3, 0.4) is 0 Å². The summed E-state index contributed by atoms with van der Waals surface area (Å²) in [5.74, 6) is -1.54. The lowest BCUT2D eigenvalue weighted by Crippen LogP contribution is -2.25. The maximum atomic E-state index is 12.7. The zero-order valence-electron chi connectivity index (χ0n) is 15.5. The fourth-order valence-corrected chi connectivity index (χ4v) is 3.13. The predicted molar refractivity (Wildman–Crippen MR) is 99.1 cm³/mol. The molecule has 0 fully saturated rings. The summed E-state index contributed by atoms with van der Waals surface area (Å²) in [5, 5.41) is 0.724. The molecule has 0 amide bonds. The molecule has 1 atom stereocenters. The van der Waals surface area contributed by atoms with Crippen LogP contribution in [0.15, 0.2) is 30.5 Å². The molecule has 0 aliphatic rings. The van der Waals surface area contributed by atoms with E-state index >= 15 is 0 Å². The number of hydrogen-bond acceptors (Lipinski definition) is 5. The number of ketones is 1. The van der Waals surface area contributed by atoms with Crippen molar-refractivity contribution in [3.05, 3.63) is 58.5 Å². The fraction of sp³-hybridized carbons (Fsp3) is 0.250. The maximum Gasteiger partial charge on any atom is 0.341 e. The van der Waals surface area contributed by atoms with Crippen LogP contribution in [0, 0.1) is 13.8 Å². The number of para-hydroxylation sites is 1. The molecule has 7 heteroatoms. The summed E-state index contributed by atoms with van der Waals surface area (Å²) in [7, 11) is 1.28. The monoisotopic (exact) mass is 368 g/mol. The van der Waals surface area contributed by atoms with Gasteiger partial charge >= 0.3 is 11.9 Å². The smallest absolute Gasteiger partial charge is 0.341 e. The highest BCUT2D eigenvalue weighted by atomic mass is 16.5. The van der Waals surface area contributed by atoms with Gasteiger partial charge in [-0.05, 0) is 32.4 Å². The van der Waals surface area contributed by atoms with Gasteiger partial charge in [-0.3, -0.25) is 4.79 Å². The number of carbonyl (C=O) groups is 3. The topological polar surface area (TPSA) is 101 Å². The Morgan fingerprint density at radius 1 is 1.07 bits per heavy atom. The minimum atomic E-state index is -1.02. The van der Waals surface area contributed by atoms with Crippen molar-refractivity contribution >= 4 is 28.6 Å². The number of Topliss-reactive ketones (excluding diaryl/α,β-unsaturated/α-hetero) is 1. The Kier molecular flexibility index (Phi) is 4.85. The van der Waals surface area contributed by atoms with E-state index in [9.17, 15) is 14.4 Å². The van der Waals surface area contributed by atoms with Gasteiger partial charge in [0, 0.05) is 22.8 Å². The molecule has 0 saturated carbocycles. The largest absolute Gasteiger partial charge is 0.465 e. The van der Waals surface area contributed by atoms with E-state index in [1.54, 1.807) is 26.1 Å². The van der Waals surface area contributed by atoms with E-state index in [0.29, 0.717) is 22.4 Å². The molecule has 0 saturated heterocycles. The number of ether oxygens (including phenoxy) is 2. The van der Waals surface area contributed by atoms with E-state index in [-0.39, 0.29) is 5.69 Å². The van der Waals surface area contributed by atoms with E-state index in [1.807, 2.05) is 18.2 Å². The van der Waals surface area contributed by atoms with Gasteiger partial charge in [0.15, 0.2) is 6.10 Å². The maximum absolute atomic E-state index is 12.7. The Morgan fingerprint density at radius 2 is 1.78 bits per heavy atom. The standard InChI is InChI=1S/C20H20N2O5/c1-10-16(20(25)26-4)11(2)22-17(10)18(23)12(3)27-19(24)14-9-21-15-8-6-5-7-13(14)15/h5-9,12,21-22H,1-4H3/t12-/m0/s1. The number of H-pyrrole nitrogens is 2.